The molecule has 0 aromatic rings. The fourth-order valence-corrected chi connectivity index (χ4v) is 2.20. The number of cyclic esters (lactones) is 1. The van der Waals surface area contributed by atoms with E-state index in [1.165, 1.54) is 0 Å². The molecule has 1 amide bonds. The molecule has 0 N–H and O–H groups in total. The number of carbonyl (C=O) groups is 1. The fourth-order valence-electron chi connectivity index (χ4n) is 2.20. The van der Waals surface area contributed by atoms with Gasteiger partial charge in [0.05, 0.1) is 6.54 Å². The topological polar surface area (TPSA) is 36.0 Å². The summed E-state index contributed by atoms with van der Waals surface area (Å²) in [5.74, 6) is 0. The molecule has 2 heterocycles. The maximum Gasteiger partial charge on any atom is 0.409 e. The minimum absolute atomic E-state index is 0.0946. The Labute approximate surface area is 96.9 Å². The molecule has 5 nitrogen and oxygen atoms in total. The molecule has 0 bridgehead atoms. The SMILES string of the molecule is CN1CCN(CC[C@H]2CN(C)C(=O)O2)CC1. The van der Waals surface area contributed by atoms with Crippen LogP contribution in [0.15, 0.2) is 0 Å². The first-order valence-corrected chi connectivity index (χ1v) is 5.98. The molecular formula is C11H21N3O2. The lowest BCUT2D eigenvalue weighted by molar-refractivity contribution is 0.108. The summed E-state index contributed by atoms with van der Waals surface area (Å²) in [6.45, 7) is 6.33. The smallest absolute Gasteiger partial charge is 0.409 e. The molecular weight excluding hydrogens is 206 g/mol. The van der Waals surface area contributed by atoms with Gasteiger partial charge in [0.1, 0.15) is 6.10 Å². The number of hydrogen-bond donors (Lipinski definition) is 0. The first-order valence-electron chi connectivity index (χ1n) is 5.98. The standard InChI is InChI=1S/C11H21N3O2/c1-12-5-7-14(8-6-12)4-3-10-9-13(2)11(15)16-10/h10H,3-9H2,1-2H3/t10-/m0/s1. The summed E-state index contributed by atoms with van der Waals surface area (Å²) in [7, 11) is 3.95. The second-order valence-electron chi connectivity index (χ2n) is 4.82. The van der Waals surface area contributed by atoms with Gasteiger partial charge in [-0.05, 0) is 13.5 Å². The van der Waals surface area contributed by atoms with Crippen molar-refractivity contribution in [2.45, 2.75) is 12.5 Å². The Morgan fingerprint density at radius 3 is 2.50 bits per heavy atom. The van der Waals surface area contributed by atoms with Gasteiger partial charge in [0.25, 0.3) is 0 Å². The van der Waals surface area contributed by atoms with Gasteiger partial charge in [0, 0.05) is 39.8 Å². The molecule has 2 rings (SSSR count). The Balaban J connectivity index is 1.66. The zero-order valence-electron chi connectivity index (χ0n) is 10.2. The van der Waals surface area contributed by atoms with Crippen molar-refractivity contribution in [3.8, 4) is 0 Å². The summed E-state index contributed by atoms with van der Waals surface area (Å²) in [5.41, 5.74) is 0. The van der Waals surface area contributed by atoms with E-state index in [0.717, 1.165) is 45.7 Å². The van der Waals surface area contributed by atoms with E-state index in [4.69, 9.17) is 4.74 Å². The zero-order chi connectivity index (χ0) is 11.5. The van der Waals surface area contributed by atoms with Crippen LogP contribution in [0.1, 0.15) is 6.42 Å². The second kappa shape index (κ2) is 5.01. The van der Waals surface area contributed by atoms with Crippen molar-refractivity contribution in [3.63, 3.8) is 0 Å². The van der Waals surface area contributed by atoms with Crippen molar-refractivity contribution in [1.82, 2.24) is 14.7 Å². The van der Waals surface area contributed by atoms with Gasteiger partial charge in [-0.3, -0.25) is 0 Å². The van der Waals surface area contributed by atoms with Crippen LogP contribution in [-0.4, -0.2) is 80.3 Å². The van der Waals surface area contributed by atoms with Crippen LogP contribution >= 0.6 is 0 Å². The third kappa shape index (κ3) is 2.86. The van der Waals surface area contributed by atoms with Gasteiger partial charge in [0.2, 0.25) is 0 Å². The van der Waals surface area contributed by atoms with Gasteiger partial charge in [-0.25, -0.2) is 4.79 Å². The maximum absolute atomic E-state index is 11.2. The number of carbonyl (C=O) groups excluding carboxylic acids is 1. The molecule has 0 aromatic heterocycles. The average Bonchev–Trinajstić information content (AvgIpc) is 2.58. The van der Waals surface area contributed by atoms with Gasteiger partial charge < -0.3 is 19.4 Å². The van der Waals surface area contributed by atoms with Gasteiger partial charge in [0.15, 0.2) is 0 Å². The Kier molecular flexibility index (Phi) is 3.66. The van der Waals surface area contributed by atoms with Gasteiger partial charge in [-0.1, -0.05) is 0 Å². The van der Waals surface area contributed by atoms with E-state index < -0.39 is 0 Å². The predicted molar refractivity (Wildman–Crippen MR) is 61.5 cm³/mol. The predicted octanol–water partition coefficient (Wildman–Crippen LogP) is 0.0745. The quantitative estimate of drug-likeness (QED) is 0.684. The van der Waals surface area contributed by atoms with Gasteiger partial charge in [-0.15, -0.1) is 0 Å². The van der Waals surface area contributed by atoms with Crippen LogP contribution in [0.5, 0.6) is 0 Å². The highest BCUT2D eigenvalue weighted by Gasteiger charge is 2.28. The zero-order valence-corrected chi connectivity index (χ0v) is 10.2. The molecule has 2 saturated heterocycles. The third-order valence-corrected chi connectivity index (χ3v) is 3.42. The molecule has 0 aliphatic carbocycles. The van der Waals surface area contributed by atoms with Crippen LogP contribution in [0.2, 0.25) is 0 Å². The molecule has 0 aromatic carbocycles. The summed E-state index contributed by atoms with van der Waals surface area (Å²) in [4.78, 5) is 17.6. The molecule has 1 atom stereocenters. The van der Waals surface area contributed by atoms with E-state index in [0.29, 0.717) is 0 Å². The lowest BCUT2D eigenvalue weighted by atomic mass is 10.2. The second-order valence-corrected chi connectivity index (χ2v) is 4.82. The van der Waals surface area contributed by atoms with Crippen LogP contribution in [0.25, 0.3) is 0 Å². The minimum atomic E-state index is -0.177. The molecule has 2 aliphatic heterocycles. The number of ether oxygens (including phenoxy) is 1. The summed E-state index contributed by atoms with van der Waals surface area (Å²) < 4.78 is 5.24. The maximum atomic E-state index is 11.2. The highest BCUT2D eigenvalue weighted by atomic mass is 16.6. The van der Waals surface area contributed by atoms with Crippen LogP contribution in [0.3, 0.4) is 0 Å². The highest BCUT2D eigenvalue weighted by Crippen LogP contribution is 2.13. The summed E-state index contributed by atoms with van der Waals surface area (Å²) >= 11 is 0. The van der Waals surface area contributed by atoms with Crippen LogP contribution in [0.4, 0.5) is 4.79 Å². The summed E-state index contributed by atoms with van der Waals surface area (Å²) in [5, 5.41) is 0. The molecule has 2 aliphatic rings. The minimum Gasteiger partial charge on any atom is -0.444 e. The number of nitrogens with zero attached hydrogens (tertiary/aromatic N) is 3. The van der Waals surface area contributed by atoms with Crippen molar-refractivity contribution in [2.75, 3.05) is 53.4 Å². The van der Waals surface area contributed by atoms with Crippen LogP contribution in [0, 0.1) is 0 Å². The number of rotatable bonds is 3. The van der Waals surface area contributed by atoms with E-state index in [2.05, 4.69) is 16.8 Å². The molecule has 0 radical (unpaired) electrons. The fraction of sp³-hybridized carbons (Fsp3) is 0.909. The Morgan fingerprint density at radius 1 is 1.25 bits per heavy atom. The molecule has 0 spiro atoms. The van der Waals surface area contributed by atoms with Gasteiger partial charge in [-0.2, -0.15) is 0 Å². The molecule has 0 unspecified atom stereocenters. The van der Waals surface area contributed by atoms with E-state index in [-0.39, 0.29) is 12.2 Å². The molecule has 5 heteroatoms. The number of hydrogen-bond acceptors (Lipinski definition) is 4. The normalized spacial score (nSPS) is 28.5. The first-order chi connectivity index (χ1) is 7.65. The highest BCUT2D eigenvalue weighted by molar-refractivity contribution is 5.69. The van der Waals surface area contributed by atoms with E-state index in [1.807, 2.05) is 0 Å². The average molecular weight is 227 g/mol. The third-order valence-electron chi connectivity index (χ3n) is 3.42. The Morgan fingerprint density at radius 2 is 1.94 bits per heavy atom. The van der Waals surface area contributed by atoms with E-state index >= 15 is 0 Å². The van der Waals surface area contributed by atoms with Crippen molar-refractivity contribution in [2.24, 2.45) is 0 Å². The molecule has 2 fully saturated rings. The number of piperazine rings is 1. The largest absolute Gasteiger partial charge is 0.444 e. The monoisotopic (exact) mass is 227 g/mol. The van der Waals surface area contributed by atoms with E-state index in [9.17, 15) is 4.79 Å². The number of likely N-dealkylation sites (N-methyl/N-ethyl adjacent to an activating group) is 2. The lowest BCUT2D eigenvalue weighted by Gasteiger charge is -2.32. The lowest BCUT2D eigenvalue weighted by Crippen LogP contribution is -2.45. The summed E-state index contributed by atoms with van der Waals surface area (Å²) in [6, 6.07) is 0. The van der Waals surface area contributed by atoms with Crippen LogP contribution in [-0.2, 0) is 4.74 Å². The molecule has 16 heavy (non-hydrogen) atoms. The molecule has 0 saturated carbocycles. The molecule has 92 valence electrons. The Hall–Kier alpha value is -0.810. The van der Waals surface area contributed by atoms with E-state index in [1.54, 1.807) is 11.9 Å². The Bertz CT molecular complexity index is 252. The van der Waals surface area contributed by atoms with Crippen molar-refractivity contribution in [3.05, 3.63) is 0 Å². The van der Waals surface area contributed by atoms with Crippen molar-refractivity contribution in [1.29, 1.82) is 0 Å². The van der Waals surface area contributed by atoms with Crippen molar-refractivity contribution >= 4 is 6.09 Å². The van der Waals surface area contributed by atoms with Crippen LogP contribution < -0.4 is 0 Å². The number of amides is 1. The van der Waals surface area contributed by atoms with Gasteiger partial charge >= 0.3 is 6.09 Å². The summed E-state index contributed by atoms with van der Waals surface area (Å²) in [6.07, 6.45) is 0.875. The van der Waals surface area contributed by atoms with Crippen molar-refractivity contribution < 1.29 is 9.53 Å². The first kappa shape index (κ1) is 11.7.